The second-order valence-corrected chi connectivity index (χ2v) is 5.53. The Morgan fingerprint density at radius 1 is 1.17 bits per heavy atom. The van der Waals surface area contributed by atoms with E-state index in [1.54, 1.807) is 0 Å². The Balaban J connectivity index is 2.07. The van der Waals surface area contributed by atoms with Crippen molar-refractivity contribution < 1.29 is 9.26 Å². The molecule has 0 aliphatic carbocycles. The van der Waals surface area contributed by atoms with E-state index >= 15 is 0 Å². The minimum absolute atomic E-state index is 0.152. The van der Waals surface area contributed by atoms with Crippen molar-refractivity contribution in [2.45, 2.75) is 58.8 Å². The van der Waals surface area contributed by atoms with E-state index < -0.39 is 0 Å². The van der Waals surface area contributed by atoms with Crippen LogP contribution < -0.4 is 0 Å². The maximum Gasteiger partial charge on any atom is 0.243 e. The summed E-state index contributed by atoms with van der Waals surface area (Å²) in [7, 11) is 0. The van der Waals surface area contributed by atoms with Crippen LogP contribution in [0.1, 0.15) is 58.3 Å². The van der Waals surface area contributed by atoms with E-state index in [0.29, 0.717) is 11.8 Å². The zero-order chi connectivity index (χ0) is 13.3. The van der Waals surface area contributed by atoms with Crippen molar-refractivity contribution in [2.75, 3.05) is 13.1 Å². The SMILES string of the molecule is CC(C)c1noc([C@H](C)N2C[C@@H](C)O[C@H](C)C2)n1. The third-order valence-electron chi connectivity index (χ3n) is 3.33. The van der Waals surface area contributed by atoms with E-state index in [9.17, 15) is 0 Å². The zero-order valence-electron chi connectivity index (χ0n) is 11.9. The molecule has 0 unspecified atom stereocenters. The fourth-order valence-corrected chi connectivity index (χ4v) is 2.34. The number of aromatic nitrogens is 2. The molecular weight excluding hydrogens is 230 g/mol. The molecule has 2 rings (SSSR count). The number of nitrogens with zero attached hydrogens (tertiary/aromatic N) is 3. The monoisotopic (exact) mass is 253 g/mol. The molecule has 1 aromatic rings. The molecule has 0 N–H and O–H groups in total. The maximum atomic E-state index is 5.74. The highest BCUT2D eigenvalue weighted by Crippen LogP contribution is 2.24. The molecule has 5 heteroatoms. The Morgan fingerprint density at radius 3 is 2.28 bits per heavy atom. The molecule has 3 atom stereocenters. The van der Waals surface area contributed by atoms with Gasteiger partial charge in [0.05, 0.1) is 18.2 Å². The zero-order valence-corrected chi connectivity index (χ0v) is 11.9. The Kier molecular flexibility index (Phi) is 4.02. The molecule has 18 heavy (non-hydrogen) atoms. The summed E-state index contributed by atoms with van der Waals surface area (Å²) in [5.74, 6) is 1.79. The van der Waals surface area contributed by atoms with Gasteiger partial charge in [0.25, 0.3) is 0 Å². The minimum Gasteiger partial charge on any atom is -0.373 e. The lowest BCUT2D eigenvalue weighted by atomic mass is 10.1. The molecule has 0 spiro atoms. The molecule has 0 saturated carbocycles. The second kappa shape index (κ2) is 5.36. The van der Waals surface area contributed by atoms with Crippen molar-refractivity contribution in [3.05, 3.63) is 11.7 Å². The normalized spacial score (nSPS) is 27.7. The van der Waals surface area contributed by atoms with Gasteiger partial charge >= 0.3 is 0 Å². The van der Waals surface area contributed by atoms with Crippen LogP contribution in [-0.4, -0.2) is 40.3 Å². The number of rotatable bonds is 3. The summed E-state index contributed by atoms with van der Waals surface area (Å²) in [6, 6.07) is 0.152. The largest absolute Gasteiger partial charge is 0.373 e. The molecule has 0 bridgehead atoms. The Morgan fingerprint density at radius 2 is 1.78 bits per heavy atom. The predicted molar refractivity (Wildman–Crippen MR) is 68.4 cm³/mol. The van der Waals surface area contributed by atoms with E-state index in [0.717, 1.165) is 18.9 Å². The van der Waals surface area contributed by atoms with Crippen LogP contribution in [0, 0.1) is 0 Å². The molecular formula is C13H23N3O2. The van der Waals surface area contributed by atoms with E-state index in [1.807, 2.05) is 0 Å². The first-order chi connectivity index (χ1) is 8.47. The van der Waals surface area contributed by atoms with Gasteiger partial charge in [-0.05, 0) is 20.8 Å². The van der Waals surface area contributed by atoms with Gasteiger partial charge in [-0.15, -0.1) is 0 Å². The fourth-order valence-electron chi connectivity index (χ4n) is 2.34. The minimum atomic E-state index is 0.152. The Labute approximate surface area is 108 Å². The molecule has 1 fully saturated rings. The number of ether oxygens (including phenoxy) is 1. The third kappa shape index (κ3) is 2.90. The summed E-state index contributed by atoms with van der Waals surface area (Å²) in [5.41, 5.74) is 0. The topological polar surface area (TPSA) is 51.4 Å². The van der Waals surface area contributed by atoms with Crippen LogP contribution in [0.3, 0.4) is 0 Å². The van der Waals surface area contributed by atoms with Crippen LogP contribution >= 0.6 is 0 Å². The lowest BCUT2D eigenvalue weighted by Crippen LogP contribution is -2.46. The van der Waals surface area contributed by atoms with E-state index in [-0.39, 0.29) is 18.2 Å². The number of hydrogen-bond acceptors (Lipinski definition) is 5. The summed E-state index contributed by atoms with van der Waals surface area (Å²) in [5, 5.41) is 4.03. The van der Waals surface area contributed by atoms with Crippen molar-refractivity contribution in [2.24, 2.45) is 0 Å². The standard InChI is InChI=1S/C13H23N3O2/c1-8(2)12-14-13(18-15-12)11(5)16-6-9(3)17-10(4)7-16/h8-11H,6-7H2,1-5H3/t9-,10-,11+/m1/s1. The molecule has 5 nitrogen and oxygen atoms in total. The van der Waals surface area contributed by atoms with Crippen molar-refractivity contribution in [1.29, 1.82) is 0 Å². The van der Waals surface area contributed by atoms with Gasteiger partial charge in [0.15, 0.2) is 5.82 Å². The smallest absolute Gasteiger partial charge is 0.243 e. The maximum absolute atomic E-state index is 5.74. The van der Waals surface area contributed by atoms with Gasteiger partial charge in [0, 0.05) is 19.0 Å². The Bertz CT molecular complexity index is 381. The highest BCUT2D eigenvalue weighted by Gasteiger charge is 2.29. The summed E-state index contributed by atoms with van der Waals surface area (Å²) < 4.78 is 11.1. The lowest BCUT2D eigenvalue weighted by Gasteiger charge is -2.37. The van der Waals surface area contributed by atoms with Crippen LogP contribution in [0.2, 0.25) is 0 Å². The van der Waals surface area contributed by atoms with Crippen molar-refractivity contribution in [3.63, 3.8) is 0 Å². The van der Waals surface area contributed by atoms with Gasteiger partial charge < -0.3 is 9.26 Å². The highest BCUT2D eigenvalue weighted by molar-refractivity contribution is 4.96. The average Bonchev–Trinajstić information content (AvgIpc) is 2.75. The van der Waals surface area contributed by atoms with Gasteiger partial charge in [0.2, 0.25) is 5.89 Å². The van der Waals surface area contributed by atoms with Gasteiger partial charge in [-0.3, -0.25) is 4.90 Å². The first-order valence-electron chi connectivity index (χ1n) is 6.70. The van der Waals surface area contributed by atoms with Crippen molar-refractivity contribution in [3.8, 4) is 0 Å². The van der Waals surface area contributed by atoms with Gasteiger partial charge in [-0.1, -0.05) is 19.0 Å². The van der Waals surface area contributed by atoms with E-state index in [2.05, 4.69) is 49.7 Å². The molecule has 1 saturated heterocycles. The average molecular weight is 253 g/mol. The number of morpholine rings is 1. The van der Waals surface area contributed by atoms with E-state index in [1.165, 1.54) is 0 Å². The third-order valence-corrected chi connectivity index (χ3v) is 3.33. The summed E-state index contributed by atoms with van der Waals surface area (Å²) >= 11 is 0. The molecule has 0 radical (unpaired) electrons. The fraction of sp³-hybridized carbons (Fsp3) is 0.846. The van der Waals surface area contributed by atoms with Crippen LogP contribution in [0.4, 0.5) is 0 Å². The number of hydrogen-bond donors (Lipinski definition) is 0. The highest BCUT2D eigenvalue weighted by atomic mass is 16.5. The lowest BCUT2D eigenvalue weighted by molar-refractivity contribution is -0.0818. The van der Waals surface area contributed by atoms with Crippen molar-refractivity contribution >= 4 is 0 Å². The summed E-state index contributed by atoms with van der Waals surface area (Å²) in [6.45, 7) is 12.3. The van der Waals surface area contributed by atoms with Crippen LogP contribution in [0.15, 0.2) is 4.52 Å². The molecule has 2 heterocycles. The van der Waals surface area contributed by atoms with Gasteiger partial charge in [0.1, 0.15) is 0 Å². The van der Waals surface area contributed by atoms with E-state index in [4.69, 9.17) is 9.26 Å². The first kappa shape index (κ1) is 13.5. The molecule has 1 aromatic heterocycles. The summed E-state index contributed by atoms with van der Waals surface area (Å²) in [6.07, 6.45) is 0.507. The second-order valence-electron chi connectivity index (χ2n) is 5.53. The Hall–Kier alpha value is -0.940. The summed E-state index contributed by atoms with van der Waals surface area (Å²) in [4.78, 5) is 6.82. The van der Waals surface area contributed by atoms with Crippen LogP contribution in [0.25, 0.3) is 0 Å². The van der Waals surface area contributed by atoms with Crippen molar-refractivity contribution in [1.82, 2.24) is 15.0 Å². The quantitative estimate of drug-likeness (QED) is 0.827. The molecule has 0 aromatic carbocycles. The molecule has 102 valence electrons. The van der Waals surface area contributed by atoms with Gasteiger partial charge in [-0.2, -0.15) is 4.98 Å². The van der Waals surface area contributed by atoms with Crippen LogP contribution in [0.5, 0.6) is 0 Å². The molecule has 1 aliphatic heterocycles. The first-order valence-corrected chi connectivity index (χ1v) is 6.70. The molecule has 1 aliphatic rings. The molecule has 0 amide bonds. The van der Waals surface area contributed by atoms with Gasteiger partial charge in [-0.25, -0.2) is 0 Å². The predicted octanol–water partition coefficient (Wildman–Crippen LogP) is 2.36. The van der Waals surface area contributed by atoms with Crippen LogP contribution in [-0.2, 0) is 4.74 Å².